The molecule has 0 saturated carbocycles. The summed E-state index contributed by atoms with van der Waals surface area (Å²) in [5.74, 6) is 0.200. The van der Waals surface area contributed by atoms with Crippen LogP contribution in [0, 0.1) is 26.6 Å². The number of carbonyl (C=O) groups is 1. The summed E-state index contributed by atoms with van der Waals surface area (Å²) in [6, 6.07) is 10.6. The first kappa shape index (κ1) is 18.8. The molecule has 0 saturated heterocycles. The average Bonchev–Trinajstić information content (AvgIpc) is 3.14. The third-order valence-electron chi connectivity index (χ3n) is 5.03. The minimum absolute atomic E-state index is 0.0118. The fourth-order valence-corrected chi connectivity index (χ4v) is 3.18. The van der Waals surface area contributed by atoms with Gasteiger partial charge in [-0.1, -0.05) is 31.2 Å². The van der Waals surface area contributed by atoms with Crippen LogP contribution in [0.5, 0.6) is 0 Å². The van der Waals surface area contributed by atoms with Crippen LogP contribution >= 0.6 is 0 Å². The lowest BCUT2D eigenvalue weighted by Crippen LogP contribution is -2.18. The van der Waals surface area contributed by atoms with E-state index < -0.39 is 6.09 Å². The van der Waals surface area contributed by atoms with Crippen LogP contribution in [0.2, 0.25) is 0 Å². The molecule has 3 rings (SSSR count). The Morgan fingerprint density at radius 2 is 1.96 bits per heavy atom. The minimum Gasteiger partial charge on any atom is -0.444 e. The second-order valence-corrected chi connectivity index (χ2v) is 6.79. The fourth-order valence-electron chi connectivity index (χ4n) is 3.18. The highest BCUT2D eigenvalue weighted by atomic mass is 19.1. The van der Waals surface area contributed by atoms with Gasteiger partial charge in [0.1, 0.15) is 18.2 Å². The molecule has 0 amide bonds. The zero-order valence-corrected chi connectivity index (χ0v) is 16.0. The van der Waals surface area contributed by atoms with E-state index in [2.05, 4.69) is 24.9 Å². The maximum atomic E-state index is 13.4. The number of nitrogens with zero attached hydrogens (tertiary/aromatic N) is 2. The zero-order valence-electron chi connectivity index (χ0n) is 16.0. The Balaban J connectivity index is 1.80. The van der Waals surface area contributed by atoms with E-state index in [9.17, 15) is 9.18 Å². The van der Waals surface area contributed by atoms with E-state index in [0.29, 0.717) is 11.4 Å². The van der Waals surface area contributed by atoms with Gasteiger partial charge in [0.05, 0.1) is 0 Å². The number of carbonyl (C=O) groups excluding carboxylic acids is 1. The van der Waals surface area contributed by atoms with Crippen LogP contribution in [0.15, 0.2) is 48.8 Å². The molecule has 1 heterocycles. The number of imidazole rings is 1. The molecule has 1 aromatic heterocycles. The molecule has 140 valence electrons. The van der Waals surface area contributed by atoms with E-state index in [1.165, 1.54) is 27.8 Å². The van der Waals surface area contributed by atoms with Gasteiger partial charge < -0.3 is 4.74 Å². The lowest BCUT2D eigenvalue weighted by molar-refractivity contribution is 0.140. The largest absolute Gasteiger partial charge is 0.444 e. The van der Waals surface area contributed by atoms with Crippen LogP contribution in [0.25, 0.3) is 0 Å². The lowest BCUT2D eigenvalue weighted by Gasteiger charge is -2.17. The summed E-state index contributed by atoms with van der Waals surface area (Å²) < 4.78 is 20.2. The van der Waals surface area contributed by atoms with Gasteiger partial charge in [0.25, 0.3) is 0 Å². The topological polar surface area (TPSA) is 44.1 Å². The van der Waals surface area contributed by atoms with Crippen molar-refractivity contribution >= 4 is 6.09 Å². The number of halogens is 1. The molecule has 4 nitrogen and oxygen atoms in total. The Bertz CT molecular complexity index is 978. The number of hydrogen-bond acceptors (Lipinski definition) is 3. The van der Waals surface area contributed by atoms with Crippen molar-refractivity contribution in [1.82, 2.24) is 9.55 Å². The van der Waals surface area contributed by atoms with Crippen LogP contribution in [0.3, 0.4) is 0 Å². The minimum atomic E-state index is -0.525. The maximum absolute atomic E-state index is 13.4. The van der Waals surface area contributed by atoms with Crippen molar-refractivity contribution in [3.05, 3.63) is 88.3 Å². The van der Waals surface area contributed by atoms with Gasteiger partial charge in [-0.25, -0.2) is 18.7 Å². The predicted octanol–water partition coefficient (Wildman–Crippen LogP) is 5.28. The molecule has 3 aromatic rings. The number of hydrogen-bond donors (Lipinski definition) is 0. The highest BCUT2D eigenvalue weighted by molar-refractivity contribution is 5.71. The summed E-state index contributed by atoms with van der Waals surface area (Å²) in [6.07, 6.45) is 2.66. The predicted molar refractivity (Wildman–Crippen MR) is 102 cm³/mol. The van der Waals surface area contributed by atoms with Gasteiger partial charge in [-0.2, -0.15) is 0 Å². The first-order valence-corrected chi connectivity index (χ1v) is 8.90. The molecule has 0 spiro atoms. The van der Waals surface area contributed by atoms with Crippen molar-refractivity contribution in [3.8, 4) is 0 Å². The highest BCUT2D eigenvalue weighted by Crippen LogP contribution is 2.27. The molecule has 5 heteroatoms. The smallest absolute Gasteiger partial charge is 0.419 e. The molecule has 0 aliphatic carbocycles. The number of benzene rings is 2. The van der Waals surface area contributed by atoms with E-state index in [4.69, 9.17) is 4.74 Å². The molecule has 0 radical (unpaired) electrons. The molecule has 0 bridgehead atoms. The number of ether oxygens (including phenoxy) is 1. The van der Waals surface area contributed by atoms with Crippen LogP contribution in [-0.4, -0.2) is 15.6 Å². The third-order valence-corrected chi connectivity index (χ3v) is 5.03. The number of aromatic nitrogens is 2. The van der Waals surface area contributed by atoms with E-state index in [1.54, 1.807) is 18.5 Å². The Labute approximate surface area is 158 Å². The summed E-state index contributed by atoms with van der Waals surface area (Å²) in [5.41, 5.74) is 5.02. The van der Waals surface area contributed by atoms with E-state index >= 15 is 0 Å². The summed E-state index contributed by atoms with van der Waals surface area (Å²) in [4.78, 5) is 17.0. The van der Waals surface area contributed by atoms with E-state index in [0.717, 1.165) is 11.1 Å². The summed E-state index contributed by atoms with van der Waals surface area (Å²) >= 11 is 0. The number of aryl methyl sites for hydroxylation is 2. The van der Waals surface area contributed by atoms with Crippen molar-refractivity contribution in [2.45, 2.75) is 40.2 Å². The van der Waals surface area contributed by atoms with Crippen molar-refractivity contribution < 1.29 is 13.9 Å². The Morgan fingerprint density at radius 3 is 2.74 bits per heavy atom. The van der Waals surface area contributed by atoms with Gasteiger partial charge >= 0.3 is 6.09 Å². The monoisotopic (exact) mass is 366 g/mol. The molecule has 0 aliphatic heterocycles. The Morgan fingerprint density at radius 1 is 1.19 bits per heavy atom. The number of rotatable bonds is 4. The molecule has 0 unspecified atom stereocenters. The third kappa shape index (κ3) is 3.92. The molecule has 27 heavy (non-hydrogen) atoms. The molecule has 2 aromatic carbocycles. The highest BCUT2D eigenvalue weighted by Gasteiger charge is 2.21. The van der Waals surface area contributed by atoms with Gasteiger partial charge in [-0.15, -0.1) is 0 Å². The maximum Gasteiger partial charge on any atom is 0.419 e. The summed E-state index contributed by atoms with van der Waals surface area (Å²) in [5, 5.41) is 0. The standard InChI is InChI=1S/C22H23FN2O2/c1-14-6-5-7-20(16(14)3)17(4)21-24-10-11-25(21)22(26)27-13-18-12-19(23)9-8-15(18)2/h5-12,17H,13H2,1-4H3/t17-/m0/s1. The zero-order chi connectivity index (χ0) is 19.6. The quantitative estimate of drug-likeness (QED) is 0.631. The first-order chi connectivity index (χ1) is 12.9. The molecule has 0 fully saturated rings. The van der Waals surface area contributed by atoms with Crippen LogP contribution < -0.4 is 0 Å². The summed E-state index contributed by atoms with van der Waals surface area (Å²) in [7, 11) is 0. The Hall–Kier alpha value is -2.95. The van der Waals surface area contributed by atoms with Gasteiger partial charge in [0, 0.05) is 18.3 Å². The second kappa shape index (κ2) is 7.74. The van der Waals surface area contributed by atoms with E-state index in [1.807, 2.05) is 26.0 Å². The van der Waals surface area contributed by atoms with Crippen LogP contribution in [0.4, 0.5) is 9.18 Å². The van der Waals surface area contributed by atoms with E-state index in [-0.39, 0.29) is 18.3 Å². The first-order valence-electron chi connectivity index (χ1n) is 8.90. The van der Waals surface area contributed by atoms with Crippen molar-refractivity contribution in [3.63, 3.8) is 0 Å². The lowest BCUT2D eigenvalue weighted by atomic mass is 9.93. The molecule has 0 N–H and O–H groups in total. The molecular formula is C22H23FN2O2. The molecule has 0 aliphatic rings. The van der Waals surface area contributed by atoms with Gasteiger partial charge in [-0.3, -0.25) is 0 Å². The molecule has 1 atom stereocenters. The molecular weight excluding hydrogens is 343 g/mol. The fraction of sp³-hybridized carbons (Fsp3) is 0.273. The van der Waals surface area contributed by atoms with Crippen molar-refractivity contribution in [2.75, 3.05) is 0 Å². The summed E-state index contributed by atoms with van der Waals surface area (Å²) in [6.45, 7) is 8.02. The SMILES string of the molecule is Cc1ccc(F)cc1COC(=O)n1ccnc1[C@@H](C)c1cccc(C)c1C. The van der Waals surface area contributed by atoms with Gasteiger partial charge in [0.2, 0.25) is 0 Å². The van der Waals surface area contributed by atoms with Gasteiger partial charge in [0.15, 0.2) is 0 Å². The van der Waals surface area contributed by atoms with Crippen molar-refractivity contribution in [2.24, 2.45) is 0 Å². The second-order valence-electron chi connectivity index (χ2n) is 6.79. The van der Waals surface area contributed by atoms with Crippen LogP contribution in [-0.2, 0) is 11.3 Å². The van der Waals surface area contributed by atoms with Gasteiger partial charge in [-0.05, 0) is 60.7 Å². The Kier molecular flexibility index (Phi) is 5.40. The average molecular weight is 366 g/mol. The normalized spacial score (nSPS) is 12.0. The van der Waals surface area contributed by atoms with Crippen molar-refractivity contribution in [1.29, 1.82) is 0 Å². The van der Waals surface area contributed by atoms with Crippen LogP contribution in [0.1, 0.15) is 46.5 Å².